The van der Waals surface area contributed by atoms with Crippen molar-refractivity contribution >= 4 is 28.1 Å². The third kappa shape index (κ3) is 3.69. The van der Waals surface area contributed by atoms with Crippen molar-refractivity contribution in [2.75, 3.05) is 24.3 Å². The summed E-state index contributed by atoms with van der Waals surface area (Å²) in [6.45, 7) is 6.17. The lowest BCUT2D eigenvalue weighted by Crippen LogP contribution is -2.11. The standard InChI is InChI=1S/C23H24N6/c1-15(17-8-9-24-23(12-17)28(3)4)27-22-11-20-10-18(6-7-19(20)13-26-22)21-14-25-16(2)29(21)5/h6-14H,1H2,2-5H3,(H,26,27). The van der Waals surface area contributed by atoms with Crippen LogP contribution < -0.4 is 10.2 Å². The lowest BCUT2D eigenvalue weighted by molar-refractivity contribution is 0.865. The van der Waals surface area contributed by atoms with Crippen LogP contribution in [-0.4, -0.2) is 33.6 Å². The van der Waals surface area contributed by atoms with Crippen molar-refractivity contribution in [2.24, 2.45) is 7.05 Å². The Hall–Kier alpha value is -3.67. The van der Waals surface area contributed by atoms with Gasteiger partial charge in [-0.15, -0.1) is 0 Å². The van der Waals surface area contributed by atoms with Crippen molar-refractivity contribution < 1.29 is 0 Å². The minimum absolute atomic E-state index is 0.754. The molecule has 6 nitrogen and oxygen atoms in total. The van der Waals surface area contributed by atoms with Crippen LogP contribution in [-0.2, 0) is 7.05 Å². The van der Waals surface area contributed by atoms with Crippen molar-refractivity contribution in [1.82, 2.24) is 19.5 Å². The number of aryl methyl sites for hydroxylation is 1. The van der Waals surface area contributed by atoms with Crippen LogP contribution in [0.25, 0.3) is 27.7 Å². The molecule has 0 aliphatic heterocycles. The summed E-state index contributed by atoms with van der Waals surface area (Å²) in [5.41, 5.74) is 3.97. The molecule has 0 fully saturated rings. The van der Waals surface area contributed by atoms with E-state index in [1.54, 1.807) is 6.20 Å². The van der Waals surface area contributed by atoms with Gasteiger partial charge in [0.2, 0.25) is 0 Å². The number of hydrogen-bond donors (Lipinski definition) is 1. The molecule has 4 rings (SSSR count). The topological polar surface area (TPSA) is 58.9 Å². The van der Waals surface area contributed by atoms with E-state index in [0.29, 0.717) is 0 Å². The second kappa shape index (κ2) is 7.39. The fraction of sp³-hybridized carbons (Fsp3) is 0.174. The van der Waals surface area contributed by atoms with Crippen LogP contribution in [0.5, 0.6) is 0 Å². The molecule has 3 aromatic heterocycles. The van der Waals surface area contributed by atoms with E-state index in [-0.39, 0.29) is 0 Å². The first kappa shape index (κ1) is 18.7. The summed E-state index contributed by atoms with van der Waals surface area (Å²) < 4.78 is 2.09. The van der Waals surface area contributed by atoms with Crippen molar-refractivity contribution in [1.29, 1.82) is 0 Å². The third-order valence-corrected chi connectivity index (χ3v) is 5.07. The molecule has 6 heteroatoms. The molecule has 0 bridgehead atoms. The fourth-order valence-corrected chi connectivity index (χ4v) is 3.22. The number of nitrogens with zero attached hydrogens (tertiary/aromatic N) is 5. The minimum Gasteiger partial charge on any atom is -0.363 e. The highest BCUT2D eigenvalue weighted by Crippen LogP contribution is 2.27. The molecule has 0 saturated heterocycles. The van der Waals surface area contributed by atoms with Crippen LogP contribution in [0, 0.1) is 6.92 Å². The molecule has 146 valence electrons. The number of aromatic nitrogens is 4. The maximum absolute atomic E-state index is 4.54. The maximum Gasteiger partial charge on any atom is 0.130 e. The van der Waals surface area contributed by atoms with Crippen LogP contribution >= 0.6 is 0 Å². The van der Waals surface area contributed by atoms with Gasteiger partial charge in [-0.05, 0) is 36.6 Å². The monoisotopic (exact) mass is 384 g/mol. The summed E-state index contributed by atoms with van der Waals surface area (Å²) in [6.07, 6.45) is 5.57. The predicted octanol–water partition coefficient (Wildman–Crippen LogP) is 4.49. The van der Waals surface area contributed by atoms with E-state index >= 15 is 0 Å². The first-order valence-electron chi connectivity index (χ1n) is 9.40. The molecule has 0 saturated carbocycles. The van der Waals surface area contributed by atoms with E-state index in [2.05, 4.69) is 49.6 Å². The van der Waals surface area contributed by atoms with Gasteiger partial charge in [-0.2, -0.15) is 0 Å². The van der Waals surface area contributed by atoms with E-state index in [0.717, 1.165) is 50.8 Å². The van der Waals surface area contributed by atoms with Gasteiger partial charge in [0.1, 0.15) is 17.5 Å². The molecule has 0 spiro atoms. The summed E-state index contributed by atoms with van der Waals surface area (Å²) in [7, 11) is 5.96. The van der Waals surface area contributed by atoms with Gasteiger partial charge >= 0.3 is 0 Å². The van der Waals surface area contributed by atoms with E-state index in [1.807, 2.05) is 63.6 Å². The molecule has 1 N–H and O–H groups in total. The number of anilines is 2. The van der Waals surface area contributed by atoms with E-state index < -0.39 is 0 Å². The zero-order chi connectivity index (χ0) is 20.5. The van der Waals surface area contributed by atoms with Crippen LogP contribution in [0.4, 0.5) is 11.6 Å². The van der Waals surface area contributed by atoms with Gasteiger partial charge in [0.25, 0.3) is 0 Å². The van der Waals surface area contributed by atoms with Crippen molar-refractivity contribution in [3.8, 4) is 11.3 Å². The molecule has 29 heavy (non-hydrogen) atoms. The minimum atomic E-state index is 0.754. The first-order valence-corrected chi connectivity index (χ1v) is 9.40. The van der Waals surface area contributed by atoms with Gasteiger partial charge < -0.3 is 14.8 Å². The number of rotatable bonds is 5. The van der Waals surface area contributed by atoms with Gasteiger partial charge in [-0.3, -0.25) is 0 Å². The summed E-state index contributed by atoms with van der Waals surface area (Å²) >= 11 is 0. The summed E-state index contributed by atoms with van der Waals surface area (Å²) in [5.74, 6) is 2.63. The molecular weight excluding hydrogens is 360 g/mol. The van der Waals surface area contributed by atoms with E-state index in [9.17, 15) is 0 Å². The van der Waals surface area contributed by atoms with Gasteiger partial charge in [0.15, 0.2) is 0 Å². The van der Waals surface area contributed by atoms with Gasteiger partial charge in [0.05, 0.1) is 11.9 Å². The molecule has 0 unspecified atom stereocenters. The summed E-state index contributed by atoms with van der Waals surface area (Å²) in [6, 6.07) is 12.3. The Balaban J connectivity index is 1.63. The third-order valence-electron chi connectivity index (χ3n) is 5.07. The Bertz CT molecular complexity index is 1210. The fourth-order valence-electron chi connectivity index (χ4n) is 3.22. The van der Waals surface area contributed by atoms with Crippen LogP contribution in [0.15, 0.2) is 61.6 Å². The molecule has 0 amide bonds. The Kier molecular flexibility index (Phi) is 4.76. The maximum atomic E-state index is 4.54. The quantitative estimate of drug-likeness (QED) is 0.549. The highest BCUT2D eigenvalue weighted by Gasteiger charge is 2.08. The molecule has 4 aromatic rings. The Labute approximate surface area is 170 Å². The number of benzene rings is 1. The van der Waals surface area contributed by atoms with Gasteiger partial charge in [-0.1, -0.05) is 18.7 Å². The lowest BCUT2D eigenvalue weighted by Gasteiger charge is -2.14. The molecule has 3 heterocycles. The summed E-state index contributed by atoms with van der Waals surface area (Å²) in [4.78, 5) is 15.3. The van der Waals surface area contributed by atoms with Crippen LogP contribution in [0.1, 0.15) is 11.4 Å². The Morgan fingerprint density at radius 3 is 2.55 bits per heavy atom. The van der Waals surface area contributed by atoms with Crippen molar-refractivity contribution in [3.63, 3.8) is 0 Å². The zero-order valence-corrected chi connectivity index (χ0v) is 17.1. The highest BCUT2D eigenvalue weighted by atomic mass is 15.1. The highest BCUT2D eigenvalue weighted by molar-refractivity contribution is 5.89. The molecule has 0 atom stereocenters. The smallest absolute Gasteiger partial charge is 0.130 e. The van der Waals surface area contributed by atoms with E-state index in [1.165, 1.54) is 0 Å². The predicted molar refractivity (Wildman–Crippen MR) is 120 cm³/mol. The molecular formula is C23H24N6. The van der Waals surface area contributed by atoms with Gasteiger partial charge in [-0.25, -0.2) is 15.0 Å². The molecule has 0 aliphatic rings. The Morgan fingerprint density at radius 2 is 1.83 bits per heavy atom. The molecule has 0 aliphatic carbocycles. The van der Waals surface area contributed by atoms with E-state index in [4.69, 9.17) is 0 Å². The van der Waals surface area contributed by atoms with Crippen molar-refractivity contribution in [3.05, 3.63) is 73.0 Å². The normalized spacial score (nSPS) is 10.9. The van der Waals surface area contributed by atoms with Crippen LogP contribution in [0.2, 0.25) is 0 Å². The van der Waals surface area contributed by atoms with Gasteiger partial charge in [0, 0.05) is 55.7 Å². The number of imidazole rings is 1. The van der Waals surface area contributed by atoms with Crippen LogP contribution in [0.3, 0.4) is 0 Å². The number of pyridine rings is 2. The SMILES string of the molecule is C=C(Nc1cc2cc(-c3cnc(C)n3C)ccc2cn1)c1ccnc(N(C)C)c1. The largest absolute Gasteiger partial charge is 0.363 e. The zero-order valence-electron chi connectivity index (χ0n) is 17.1. The number of hydrogen-bond acceptors (Lipinski definition) is 5. The molecule has 1 aromatic carbocycles. The average Bonchev–Trinajstić information content (AvgIpc) is 3.06. The average molecular weight is 384 g/mol. The first-order chi connectivity index (χ1) is 13.9. The van der Waals surface area contributed by atoms with Crippen molar-refractivity contribution in [2.45, 2.75) is 6.92 Å². The second-order valence-corrected chi connectivity index (χ2v) is 7.28. The molecule has 0 radical (unpaired) electrons. The number of fused-ring (bicyclic) bond motifs is 1. The Morgan fingerprint density at radius 1 is 1.00 bits per heavy atom. The summed E-state index contributed by atoms with van der Waals surface area (Å²) in [5, 5.41) is 5.51. The second-order valence-electron chi connectivity index (χ2n) is 7.28. The number of nitrogens with one attached hydrogen (secondary N) is 1. The lowest BCUT2D eigenvalue weighted by atomic mass is 10.1.